The zero-order chi connectivity index (χ0) is 18.2. The molecule has 0 radical (unpaired) electrons. The highest BCUT2D eigenvalue weighted by molar-refractivity contribution is 14.0. The Hall–Kier alpha value is -0.570. The molecule has 2 heterocycles. The molecule has 0 aromatic heterocycles. The van der Waals surface area contributed by atoms with E-state index in [1.165, 1.54) is 19.4 Å². The predicted octanol–water partition coefficient (Wildman–Crippen LogP) is 2.15. The van der Waals surface area contributed by atoms with E-state index in [4.69, 9.17) is 4.99 Å². The summed E-state index contributed by atoms with van der Waals surface area (Å²) in [6, 6.07) is 0.406. The van der Waals surface area contributed by atoms with E-state index in [9.17, 15) is 4.79 Å². The lowest BCUT2D eigenvalue weighted by atomic mass is 9.99. The minimum absolute atomic E-state index is 0. The minimum Gasteiger partial charge on any atom is -0.357 e. The Morgan fingerprint density at radius 3 is 2.46 bits per heavy atom. The number of likely N-dealkylation sites (tertiary alicyclic amines) is 2. The van der Waals surface area contributed by atoms with Crippen molar-refractivity contribution in [3.63, 3.8) is 0 Å². The van der Waals surface area contributed by atoms with Crippen molar-refractivity contribution in [1.29, 1.82) is 0 Å². The SMILES string of the molecule is CCNC(=NCC1CCCN(C)C1)NC1CCN(C(=O)C(C)C)CC1.I. The smallest absolute Gasteiger partial charge is 0.225 e. The van der Waals surface area contributed by atoms with Gasteiger partial charge in [0.15, 0.2) is 5.96 Å². The molecule has 2 rings (SSSR count). The van der Waals surface area contributed by atoms with Gasteiger partial charge in [-0.15, -0.1) is 24.0 Å². The van der Waals surface area contributed by atoms with Crippen LogP contribution in [0.3, 0.4) is 0 Å². The van der Waals surface area contributed by atoms with Crippen LogP contribution in [0.2, 0.25) is 0 Å². The maximum atomic E-state index is 12.1. The van der Waals surface area contributed by atoms with Crippen LogP contribution >= 0.6 is 24.0 Å². The molecular weight excluding hydrogens is 441 g/mol. The Morgan fingerprint density at radius 2 is 1.88 bits per heavy atom. The molecular formula is C19H38IN5O. The second-order valence-corrected chi connectivity index (χ2v) is 7.89. The zero-order valence-electron chi connectivity index (χ0n) is 17.0. The number of amides is 1. The fraction of sp³-hybridized carbons (Fsp3) is 0.895. The first kappa shape index (κ1) is 23.5. The standard InChI is InChI=1S/C19H37N5O.HI/c1-5-20-19(21-13-16-7-6-10-23(4)14-16)22-17-8-11-24(12-9-17)18(25)15(2)3;/h15-17H,5-14H2,1-4H3,(H2,20,21,22);1H. The number of guanidine groups is 1. The lowest BCUT2D eigenvalue weighted by Gasteiger charge is -2.34. The molecule has 7 heteroatoms. The van der Waals surface area contributed by atoms with Gasteiger partial charge in [0, 0.05) is 44.7 Å². The highest BCUT2D eigenvalue weighted by atomic mass is 127. The van der Waals surface area contributed by atoms with Crippen molar-refractivity contribution >= 4 is 35.8 Å². The predicted molar refractivity (Wildman–Crippen MR) is 119 cm³/mol. The third-order valence-electron chi connectivity index (χ3n) is 5.22. The number of hydrogen-bond acceptors (Lipinski definition) is 3. The van der Waals surface area contributed by atoms with Crippen LogP contribution in [0.5, 0.6) is 0 Å². The monoisotopic (exact) mass is 479 g/mol. The summed E-state index contributed by atoms with van der Waals surface area (Å²) < 4.78 is 0. The number of rotatable bonds is 5. The van der Waals surface area contributed by atoms with Crippen LogP contribution in [0.1, 0.15) is 46.5 Å². The molecule has 1 atom stereocenters. The van der Waals surface area contributed by atoms with Crippen molar-refractivity contribution in [3.8, 4) is 0 Å². The summed E-state index contributed by atoms with van der Waals surface area (Å²) in [6.07, 6.45) is 4.55. The second-order valence-electron chi connectivity index (χ2n) is 7.89. The summed E-state index contributed by atoms with van der Waals surface area (Å²) in [5.41, 5.74) is 0. The van der Waals surface area contributed by atoms with Crippen LogP contribution in [-0.2, 0) is 4.79 Å². The molecule has 2 N–H and O–H groups in total. The fourth-order valence-corrected chi connectivity index (χ4v) is 3.77. The Kier molecular flexibility index (Phi) is 10.8. The summed E-state index contributed by atoms with van der Waals surface area (Å²) in [6.45, 7) is 11.9. The van der Waals surface area contributed by atoms with Gasteiger partial charge in [0.25, 0.3) is 0 Å². The van der Waals surface area contributed by atoms with Crippen LogP contribution in [-0.4, -0.2) is 74.0 Å². The molecule has 152 valence electrons. The summed E-state index contributed by atoms with van der Waals surface area (Å²) in [5, 5.41) is 6.96. The number of carbonyl (C=O) groups is 1. The highest BCUT2D eigenvalue weighted by Crippen LogP contribution is 2.16. The normalized spacial score (nSPS) is 22.9. The van der Waals surface area contributed by atoms with Crippen LogP contribution in [0, 0.1) is 11.8 Å². The van der Waals surface area contributed by atoms with Gasteiger partial charge in [-0.2, -0.15) is 0 Å². The van der Waals surface area contributed by atoms with Gasteiger partial charge in [-0.25, -0.2) is 0 Å². The van der Waals surface area contributed by atoms with E-state index in [-0.39, 0.29) is 35.8 Å². The van der Waals surface area contributed by atoms with Gasteiger partial charge >= 0.3 is 0 Å². The molecule has 2 aliphatic rings. The largest absolute Gasteiger partial charge is 0.357 e. The third-order valence-corrected chi connectivity index (χ3v) is 5.22. The second kappa shape index (κ2) is 12.0. The van der Waals surface area contributed by atoms with Gasteiger partial charge < -0.3 is 20.4 Å². The quantitative estimate of drug-likeness (QED) is 0.361. The maximum absolute atomic E-state index is 12.1. The molecule has 2 saturated heterocycles. The zero-order valence-corrected chi connectivity index (χ0v) is 19.3. The number of hydrogen-bond donors (Lipinski definition) is 2. The van der Waals surface area contributed by atoms with Gasteiger partial charge in [-0.1, -0.05) is 13.8 Å². The van der Waals surface area contributed by atoms with E-state index in [0.717, 1.165) is 51.5 Å². The highest BCUT2D eigenvalue weighted by Gasteiger charge is 2.25. The Bertz CT molecular complexity index is 449. The Labute approximate surface area is 176 Å². The van der Waals surface area contributed by atoms with E-state index in [2.05, 4.69) is 29.5 Å². The summed E-state index contributed by atoms with van der Waals surface area (Å²) in [4.78, 5) is 21.3. The number of carbonyl (C=O) groups excluding carboxylic acids is 1. The fourth-order valence-electron chi connectivity index (χ4n) is 3.77. The van der Waals surface area contributed by atoms with Crippen molar-refractivity contribution in [2.24, 2.45) is 16.8 Å². The Morgan fingerprint density at radius 1 is 1.19 bits per heavy atom. The molecule has 26 heavy (non-hydrogen) atoms. The first-order valence-electron chi connectivity index (χ1n) is 10.0. The maximum Gasteiger partial charge on any atom is 0.225 e. The number of nitrogens with zero attached hydrogens (tertiary/aromatic N) is 3. The number of piperidine rings is 2. The van der Waals surface area contributed by atoms with Crippen molar-refractivity contribution < 1.29 is 4.79 Å². The van der Waals surface area contributed by atoms with Crippen molar-refractivity contribution in [1.82, 2.24) is 20.4 Å². The van der Waals surface area contributed by atoms with E-state index < -0.39 is 0 Å². The lowest BCUT2D eigenvalue weighted by molar-refractivity contribution is -0.135. The van der Waals surface area contributed by atoms with E-state index in [0.29, 0.717) is 12.0 Å². The van der Waals surface area contributed by atoms with Gasteiger partial charge in [0.1, 0.15) is 0 Å². The molecule has 0 aliphatic carbocycles. The van der Waals surface area contributed by atoms with Crippen molar-refractivity contribution in [3.05, 3.63) is 0 Å². The molecule has 2 fully saturated rings. The van der Waals surface area contributed by atoms with Gasteiger partial charge in [0.2, 0.25) is 5.91 Å². The average Bonchev–Trinajstić information content (AvgIpc) is 2.60. The molecule has 0 aromatic rings. The third kappa shape index (κ3) is 7.58. The van der Waals surface area contributed by atoms with Gasteiger partial charge in [-0.3, -0.25) is 9.79 Å². The topological polar surface area (TPSA) is 60.0 Å². The molecule has 2 aliphatic heterocycles. The number of aliphatic imine (C=N–C) groups is 1. The lowest BCUT2D eigenvalue weighted by Crippen LogP contribution is -2.50. The van der Waals surface area contributed by atoms with E-state index >= 15 is 0 Å². The summed E-state index contributed by atoms with van der Waals surface area (Å²) in [7, 11) is 2.20. The van der Waals surface area contributed by atoms with Gasteiger partial charge in [-0.05, 0) is 52.1 Å². The van der Waals surface area contributed by atoms with Crippen LogP contribution < -0.4 is 10.6 Å². The molecule has 0 bridgehead atoms. The number of nitrogens with one attached hydrogen (secondary N) is 2. The first-order chi connectivity index (χ1) is 12.0. The summed E-state index contributed by atoms with van der Waals surface area (Å²) in [5.74, 6) is 1.97. The molecule has 6 nitrogen and oxygen atoms in total. The molecule has 0 spiro atoms. The Balaban J connectivity index is 0.00000338. The molecule has 1 amide bonds. The van der Waals surface area contributed by atoms with Crippen LogP contribution in [0.25, 0.3) is 0 Å². The summed E-state index contributed by atoms with van der Waals surface area (Å²) >= 11 is 0. The molecule has 1 unspecified atom stereocenters. The van der Waals surface area contributed by atoms with Crippen LogP contribution in [0.15, 0.2) is 4.99 Å². The average molecular weight is 479 g/mol. The van der Waals surface area contributed by atoms with Gasteiger partial charge in [0.05, 0.1) is 0 Å². The number of halogens is 1. The molecule has 0 saturated carbocycles. The van der Waals surface area contributed by atoms with E-state index in [1.807, 2.05) is 18.7 Å². The van der Waals surface area contributed by atoms with Crippen LogP contribution in [0.4, 0.5) is 0 Å². The van der Waals surface area contributed by atoms with Crippen molar-refractivity contribution in [2.75, 3.05) is 46.3 Å². The first-order valence-corrected chi connectivity index (χ1v) is 10.0. The van der Waals surface area contributed by atoms with E-state index in [1.54, 1.807) is 0 Å². The molecule has 0 aromatic carbocycles. The van der Waals surface area contributed by atoms with Crippen molar-refractivity contribution in [2.45, 2.75) is 52.5 Å². The minimum atomic E-state index is 0.